The Hall–Kier alpha value is -6.39. The lowest BCUT2D eigenvalue weighted by molar-refractivity contribution is 0.595. The molecule has 0 spiro atoms. The van der Waals surface area contributed by atoms with Crippen molar-refractivity contribution in [1.29, 1.82) is 0 Å². The molecule has 10 aromatic rings. The maximum atomic E-state index is 6.44. The van der Waals surface area contributed by atoms with Crippen molar-refractivity contribution in [2.24, 2.45) is 0 Å². The Labute approximate surface area is 295 Å². The Morgan fingerprint density at radius 2 is 1.18 bits per heavy atom. The molecule has 0 bridgehead atoms. The second-order valence-electron chi connectivity index (χ2n) is 14.4. The van der Waals surface area contributed by atoms with E-state index in [2.05, 4.69) is 175 Å². The summed E-state index contributed by atoms with van der Waals surface area (Å²) < 4.78 is 11.1. The van der Waals surface area contributed by atoms with Gasteiger partial charge in [0.1, 0.15) is 17.0 Å². The van der Waals surface area contributed by atoms with Gasteiger partial charge in [-0.05, 0) is 71.1 Å². The Kier molecular flexibility index (Phi) is 6.40. The monoisotopic (exact) mass is 657 g/mol. The maximum Gasteiger partial charge on any atom is 0.145 e. The van der Waals surface area contributed by atoms with E-state index in [0.717, 1.165) is 77.9 Å². The summed E-state index contributed by atoms with van der Waals surface area (Å²) in [6.07, 6.45) is 0. The van der Waals surface area contributed by atoms with Gasteiger partial charge in [-0.25, -0.2) is 4.98 Å². The number of imidazole rings is 1. The number of para-hydroxylation sites is 5. The lowest BCUT2D eigenvalue weighted by Gasteiger charge is -2.19. The molecule has 0 aliphatic rings. The molecule has 0 saturated heterocycles. The number of furan rings is 1. The van der Waals surface area contributed by atoms with Crippen LogP contribution in [-0.2, 0) is 5.41 Å². The fourth-order valence-corrected chi connectivity index (χ4v) is 7.91. The van der Waals surface area contributed by atoms with Gasteiger partial charge < -0.3 is 8.98 Å². The second kappa shape index (κ2) is 11.1. The highest BCUT2D eigenvalue weighted by Crippen LogP contribution is 2.40. The minimum atomic E-state index is -0.0493. The van der Waals surface area contributed by atoms with Gasteiger partial charge in [-0.15, -0.1) is 0 Å². The Morgan fingerprint density at radius 1 is 0.490 bits per heavy atom. The first-order valence-electron chi connectivity index (χ1n) is 17.6. The summed E-state index contributed by atoms with van der Waals surface area (Å²) in [7, 11) is 0. The molecule has 0 aliphatic heterocycles. The van der Waals surface area contributed by atoms with Crippen molar-refractivity contribution >= 4 is 54.8 Å². The highest BCUT2D eigenvalue weighted by Gasteiger charge is 2.23. The highest BCUT2D eigenvalue weighted by atomic mass is 16.3. The van der Waals surface area contributed by atoms with Crippen molar-refractivity contribution in [2.75, 3.05) is 0 Å². The Bertz CT molecular complexity index is 2950. The molecule has 0 radical (unpaired) electrons. The van der Waals surface area contributed by atoms with Crippen molar-refractivity contribution in [3.05, 3.63) is 163 Å². The number of rotatable bonds is 4. The zero-order chi connectivity index (χ0) is 34.3. The van der Waals surface area contributed by atoms with E-state index in [9.17, 15) is 0 Å². The highest BCUT2D eigenvalue weighted by molar-refractivity contribution is 6.13. The van der Waals surface area contributed by atoms with E-state index in [1.54, 1.807) is 0 Å². The average molecular weight is 658 g/mol. The molecule has 0 N–H and O–H groups in total. The lowest BCUT2D eigenvalue weighted by Crippen LogP contribution is -2.11. The van der Waals surface area contributed by atoms with Crippen molar-refractivity contribution in [3.8, 4) is 33.9 Å². The van der Waals surface area contributed by atoms with E-state index in [-0.39, 0.29) is 5.41 Å². The fraction of sp³-hybridized carbons (Fsp3) is 0.0851. The minimum absolute atomic E-state index is 0.0493. The molecule has 0 atom stereocenters. The summed E-state index contributed by atoms with van der Waals surface area (Å²) in [4.78, 5) is 5.40. The molecule has 3 aromatic heterocycles. The third-order valence-corrected chi connectivity index (χ3v) is 10.3. The predicted molar refractivity (Wildman–Crippen MR) is 212 cm³/mol. The lowest BCUT2D eigenvalue weighted by atomic mass is 9.86. The first-order chi connectivity index (χ1) is 24.9. The molecule has 7 aromatic carbocycles. The molecule has 10 rings (SSSR count). The van der Waals surface area contributed by atoms with Crippen LogP contribution in [0.3, 0.4) is 0 Å². The van der Waals surface area contributed by atoms with Gasteiger partial charge in [0.25, 0.3) is 0 Å². The normalized spacial score (nSPS) is 12.2. The van der Waals surface area contributed by atoms with Crippen LogP contribution in [0.15, 0.2) is 162 Å². The van der Waals surface area contributed by atoms with Gasteiger partial charge in [0, 0.05) is 44.0 Å². The summed E-state index contributed by atoms with van der Waals surface area (Å²) in [6.45, 7) is 6.77. The van der Waals surface area contributed by atoms with E-state index in [0.29, 0.717) is 0 Å². The van der Waals surface area contributed by atoms with Gasteiger partial charge in [0.05, 0.1) is 22.1 Å². The van der Waals surface area contributed by atoms with E-state index in [1.807, 2.05) is 12.1 Å². The summed E-state index contributed by atoms with van der Waals surface area (Å²) in [5, 5.41) is 4.69. The van der Waals surface area contributed by atoms with Crippen molar-refractivity contribution in [2.45, 2.75) is 26.2 Å². The smallest absolute Gasteiger partial charge is 0.145 e. The summed E-state index contributed by atoms with van der Waals surface area (Å²) >= 11 is 0. The first-order valence-corrected chi connectivity index (χ1v) is 17.6. The second-order valence-corrected chi connectivity index (χ2v) is 14.4. The fourth-order valence-electron chi connectivity index (χ4n) is 7.91. The summed E-state index contributed by atoms with van der Waals surface area (Å²) in [5.41, 5.74) is 13.0. The molecular weight excluding hydrogens is 623 g/mol. The summed E-state index contributed by atoms with van der Waals surface area (Å²) in [6, 6.07) is 56.2. The molecule has 244 valence electrons. The van der Waals surface area contributed by atoms with E-state index in [4.69, 9.17) is 9.40 Å². The number of fused-ring (bicyclic) bond motifs is 7. The Morgan fingerprint density at radius 3 is 2.04 bits per heavy atom. The Balaban J connectivity index is 1.18. The number of hydrogen-bond acceptors (Lipinski definition) is 2. The average Bonchev–Trinajstić information content (AvgIpc) is 3.84. The van der Waals surface area contributed by atoms with Crippen LogP contribution in [0, 0.1) is 0 Å². The van der Waals surface area contributed by atoms with Crippen LogP contribution in [0.1, 0.15) is 26.3 Å². The van der Waals surface area contributed by atoms with Crippen molar-refractivity contribution in [1.82, 2.24) is 14.1 Å². The largest absolute Gasteiger partial charge is 0.455 e. The quantitative estimate of drug-likeness (QED) is 0.189. The minimum Gasteiger partial charge on any atom is -0.455 e. The number of hydrogen-bond donors (Lipinski definition) is 0. The number of benzene rings is 7. The summed E-state index contributed by atoms with van der Waals surface area (Å²) in [5.74, 6) is 0.928. The van der Waals surface area contributed by atoms with E-state index < -0.39 is 0 Å². The topological polar surface area (TPSA) is 35.9 Å². The standard InChI is InChI=1S/C47H35N3O/c1-47(2,3)39-22-13-24-42-44(39)48-46(50(42)32-15-5-4-6-16-32)31-14-11-17-33(28-31)49-40-23-9-7-18-35(40)38-29-30(26-27-41(38)49)34-20-12-21-37-36-19-8-10-25-43(36)51-45(34)37/h4-29H,1-3H3. The molecule has 0 fully saturated rings. The van der Waals surface area contributed by atoms with Crippen LogP contribution in [0.4, 0.5) is 0 Å². The molecule has 0 aliphatic carbocycles. The SMILES string of the molecule is CC(C)(C)c1cccc2c1nc(-c1cccc(-n3c4ccccc4c4cc(-c5cccc6c5oc5ccccc56)ccc43)c1)n2-c1ccccc1. The zero-order valence-electron chi connectivity index (χ0n) is 28.8. The zero-order valence-corrected chi connectivity index (χ0v) is 28.8. The molecule has 4 heteroatoms. The van der Waals surface area contributed by atoms with Crippen LogP contribution >= 0.6 is 0 Å². The first kappa shape index (κ1) is 29.5. The predicted octanol–water partition coefficient (Wildman–Crippen LogP) is 12.7. The molecule has 0 amide bonds. The van der Waals surface area contributed by atoms with Crippen molar-refractivity contribution in [3.63, 3.8) is 0 Å². The van der Waals surface area contributed by atoms with Gasteiger partial charge >= 0.3 is 0 Å². The van der Waals surface area contributed by atoms with Gasteiger partial charge in [-0.3, -0.25) is 4.57 Å². The van der Waals surface area contributed by atoms with Gasteiger partial charge in [-0.1, -0.05) is 124 Å². The molecule has 4 nitrogen and oxygen atoms in total. The van der Waals surface area contributed by atoms with Crippen LogP contribution < -0.4 is 0 Å². The molecule has 3 heterocycles. The van der Waals surface area contributed by atoms with Crippen LogP contribution in [0.5, 0.6) is 0 Å². The number of aromatic nitrogens is 3. The van der Waals surface area contributed by atoms with Crippen LogP contribution in [0.25, 0.3) is 88.7 Å². The van der Waals surface area contributed by atoms with Gasteiger partial charge in [-0.2, -0.15) is 0 Å². The van der Waals surface area contributed by atoms with E-state index >= 15 is 0 Å². The van der Waals surface area contributed by atoms with Gasteiger partial charge in [0.15, 0.2) is 0 Å². The molecule has 51 heavy (non-hydrogen) atoms. The van der Waals surface area contributed by atoms with Crippen LogP contribution in [-0.4, -0.2) is 14.1 Å². The van der Waals surface area contributed by atoms with Crippen LogP contribution in [0.2, 0.25) is 0 Å². The molecular formula is C47H35N3O. The van der Waals surface area contributed by atoms with Crippen molar-refractivity contribution < 1.29 is 4.42 Å². The number of nitrogens with zero attached hydrogens (tertiary/aromatic N) is 3. The molecule has 0 saturated carbocycles. The van der Waals surface area contributed by atoms with E-state index in [1.165, 1.54) is 16.3 Å². The third-order valence-electron chi connectivity index (χ3n) is 10.3. The third kappa shape index (κ3) is 4.56. The maximum absolute atomic E-state index is 6.44. The molecule has 0 unspecified atom stereocenters. The van der Waals surface area contributed by atoms with Gasteiger partial charge in [0.2, 0.25) is 0 Å².